The summed E-state index contributed by atoms with van der Waals surface area (Å²) in [7, 11) is 0. The van der Waals surface area contributed by atoms with Crippen molar-refractivity contribution in [1.82, 2.24) is 14.8 Å². The molecule has 1 spiro atoms. The van der Waals surface area contributed by atoms with E-state index >= 15 is 0 Å². The van der Waals surface area contributed by atoms with E-state index in [-0.39, 0.29) is 30.3 Å². The Labute approximate surface area is 253 Å². The van der Waals surface area contributed by atoms with Crippen LogP contribution in [-0.4, -0.2) is 69.9 Å². The number of carbonyl (C=O) groups is 4. The molecule has 10 nitrogen and oxygen atoms in total. The van der Waals surface area contributed by atoms with Crippen molar-refractivity contribution in [2.24, 2.45) is 5.41 Å². The van der Waals surface area contributed by atoms with Crippen LogP contribution in [0, 0.1) is 5.41 Å². The molecule has 230 valence electrons. The van der Waals surface area contributed by atoms with E-state index in [0.29, 0.717) is 43.9 Å². The van der Waals surface area contributed by atoms with Crippen molar-refractivity contribution in [2.75, 3.05) is 30.3 Å². The van der Waals surface area contributed by atoms with E-state index in [4.69, 9.17) is 4.74 Å². The van der Waals surface area contributed by atoms with Crippen LogP contribution in [0.3, 0.4) is 0 Å². The summed E-state index contributed by atoms with van der Waals surface area (Å²) in [4.78, 5) is 60.8. The first-order valence-corrected chi connectivity index (χ1v) is 15.1. The summed E-state index contributed by atoms with van der Waals surface area (Å²) in [5.41, 5.74) is 1.56. The largest absolute Gasteiger partial charge is 0.444 e. The summed E-state index contributed by atoms with van der Waals surface area (Å²) in [5.74, 6) is 0.102. The van der Waals surface area contributed by atoms with Crippen LogP contribution in [0.4, 0.5) is 16.3 Å². The Morgan fingerprint density at radius 2 is 1.84 bits per heavy atom. The highest BCUT2D eigenvalue weighted by atomic mass is 16.6. The molecule has 10 heteroatoms. The van der Waals surface area contributed by atoms with Crippen LogP contribution in [0.2, 0.25) is 0 Å². The van der Waals surface area contributed by atoms with E-state index in [1.807, 2.05) is 71.9 Å². The van der Waals surface area contributed by atoms with Crippen molar-refractivity contribution in [3.63, 3.8) is 0 Å². The van der Waals surface area contributed by atoms with Crippen molar-refractivity contribution in [1.29, 1.82) is 0 Å². The third-order valence-electron chi connectivity index (χ3n) is 8.42. The van der Waals surface area contributed by atoms with E-state index in [1.54, 1.807) is 16.0 Å². The highest BCUT2D eigenvalue weighted by Gasteiger charge is 2.51. The topological polar surface area (TPSA) is 121 Å². The van der Waals surface area contributed by atoms with Gasteiger partial charge in [0.25, 0.3) is 0 Å². The van der Waals surface area contributed by atoms with Gasteiger partial charge in [0.05, 0.1) is 5.41 Å². The second kappa shape index (κ2) is 11.3. The van der Waals surface area contributed by atoms with Crippen molar-refractivity contribution in [3.05, 3.63) is 53.2 Å². The van der Waals surface area contributed by atoms with Crippen LogP contribution in [0.1, 0.15) is 77.5 Å². The number of aromatic nitrogens is 1. The number of hydrogen-bond donors (Lipinski definition) is 2. The molecule has 5 rings (SSSR count). The Morgan fingerprint density at radius 3 is 2.56 bits per heavy atom. The molecule has 2 atom stereocenters. The number of amides is 4. The van der Waals surface area contributed by atoms with Gasteiger partial charge in [-0.05, 0) is 82.2 Å². The maximum absolute atomic E-state index is 13.7. The molecular weight excluding hydrogens is 546 g/mol. The lowest BCUT2D eigenvalue weighted by atomic mass is 9.79. The molecule has 1 aromatic heterocycles. The fourth-order valence-electron chi connectivity index (χ4n) is 6.36. The van der Waals surface area contributed by atoms with Crippen LogP contribution in [-0.2, 0) is 37.4 Å². The number of nitrogens with one attached hydrogen (secondary N) is 2. The van der Waals surface area contributed by atoms with E-state index in [1.165, 1.54) is 0 Å². The van der Waals surface area contributed by atoms with E-state index in [2.05, 4.69) is 15.6 Å². The summed E-state index contributed by atoms with van der Waals surface area (Å²) in [6.45, 7) is 11.7. The predicted molar refractivity (Wildman–Crippen MR) is 164 cm³/mol. The van der Waals surface area contributed by atoms with Gasteiger partial charge in [0.2, 0.25) is 17.7 Å². The summed E-state index contributed by atoms with van der Waals surface area (Å²) in [6, 6.07) is 9.22. The normalized spacial score (nSPS) is 21.5. The van der Waals surface area contributed by atoms with Crippen molar-refractivity contribution >= 4 is 35.3 Å². The molecule has 0 saturated carbocycles. The van der Waals surface area contributed by atoms with Gasteiger partial charge in [-0.2, -0.15) is 0 Å². The number of carbonyl (C=O) groups excluding carboxylic acids is 4. The van der Waals surface area contributed by atoms with Gasteiger partial charge in [0.1, 0.15) is 18.0 Å². The van der Waals surface area contributed by atoms with Gasteiger partial charge < -0.3 is 25.2 Å². The number of rotatable bonds is 4. The molecule has 1 aromatic carbocycles. The molecule has 1 aliphatic carbocycles. The van der Waals surface area contributed by atoms with Crippen LogP contribution in [0.5, 0.6) is 0 Å². The first-order chi connectivity index (χ1) is 20.2. The number of hydrogen-bond acceptors (Lipinski definition) is 6. The molecule has 2 aliphatic heterocycles. The van der Waals surface area contributed by atoms with Crippen molar-refractivity contribution < 1.29 is 23.9 Å². The minimum Gasteiger partial charge on any atom is -0.444 e. The minimum absolute atomic E-state index is 0.0526. The first kappa shape index (κ1) is 30.5. The van der Waals surface area contributed by atoms with Gasteiger partial charge in [0, 0.05) is 42.0 Å². The van der Waals surface area contributed by atoms with Gasteiger partial charge in [-0.15, -0.1) is 0 Å². The number of anilines is 2. The van der Waals surface area contributed by atoms with Gasteiger partial charge in [-0.3, -0.25) is 14.4 Å². The Hall–Kier alpha value is -3.95. The quantitative estimate of drug-likeness (QED) is 0.535. The van der Waals surface area contributed by atoms with E-state index in [9.17, 15) is 19.2 Å². The Morgan fingerprint density at radius 1 is 1.09 bits per heavy atom. The lowest BCUT2D eigenvalue weighted by Gasteiger charge is -2.37. The Bertz CT molecular complexity index is 1440. The van der Waals surface area contributed by atoms with Crippen LogP contribution >= 0.6 is 0 Å². The number of pyridine rings is 1. The molecule has 2 aromatic rings. The lowest BCUT2D eigenvalue weighted by Crippen LogP contribution is -2.53. The third kappa shape index (κ3) is 6.38. The zero-order valence-electron chi connectivity index (χ0n) is 26.1. The third-order valence-corrected chi connectivity index (χ3v) is 8.42. The number of ether oxygens (including phenoxy) is 1. The van der Waals surface area contributed by atoms with Crippen molar-refractivity contribution in [3.8, 4) is 0 Å². The molecule has 3 heterocycles. The molecule has 43 heavy (non-hydrogen) atoms. The molecule has 3 aliphatic rings. The molecule has 2 N–H and O–H groups in total. The standard InChI is InChI=1S/C33H43N5O5/c1-31(2,3)29(41)38(24-10-7-8-15-37(19-24)30(42)43-32(4,5)6)20-26(39)35-23-13-12-21-17-33(18-22(21)16-23)25-11-9-14-34-27(25)36-28(33)40/h9,11-14,16,24H,7-8,10,15,17-20H2,1-6H3,(H,35,39)(H,34,36,40). The lowest BCUT2D eigenvalue weighted by molar-refractivity contribution is -0.144. The number of nitrogens with zero attached hydrogens (tertiary/aromatic N) is 3. The van der Waals surface area contributed by atoms with Crippen LogP contribution in [0.15, 0.2) is 36.5 Å². The molecule has 2 unspecified atom stereocenters. The average Bonchev–Trinajstić information content (AvgIpc) is 3.30. The zero-order valence-corrected chi connectivity index (χ0v) is 26.1. The van der Waals surface area contributed by atoms with E-state index in [0.717, 1.165) is 29.5 Å². The maximum atomic E-state index is 13.7. The van der Waals surface area contributed by atoms with Crippen LogP contribution in [0.25, 0.3) is 0 Å². The Kier molecular flexibility index (Phi) is 8.00. The summed E-state index contributed by atoms with van der Waals surface area (Å²) in [6.07, 6.45) is 4.68. The molecule has 1 saturated heterocycles. The zero-order chi connectivity index (χ0) is 31.2. The maximum Gasteiger partial charge on any atom is 0.410 e. The van der Waals surface area contributed by atoms with Crippen LogP contribution < -0.4 is 10.6 Å². The molecule has 0 bridgehead atoms. The highest BCUT2D eigenvalue weighted by molar-refractivity contribution is 6.06. The van der Waals surface area contributed by atoms with E-state index < -0.39 is 22.5 Å². The molecule has 4 amide bonds. The second-order valence-electron chi connectivity index (χ2n) is 14.1. The minimum atomic E-state index is -0.710. The number of likely N-dealkylation sites (tertiary alicyclic amines) is 1. The van der Waals surface area contributed by atoms with Crippen molar-refractivity contribution in [2.45, 2.75) is 90.7 Å². The first-order valence-electron chi connectivity index (χ1n) is 15.1. The smallest absolute Gasteiger partial charge is 0.410 e. The van der Waals surface area contributed by atoms with Gasteiger partial charge in [-0.25, -0.2) is 9.78 Å². The molecule has 1 fully saturated rings. The summed E-state index contributed by atoms with van der Waals surface area (Å²) in [5, 5.41) is 5.91. The SMILES string of the molecule is CC(C)(C)OC(=O)N1CCCCC(N(CC(=O)Nc2ccc3c(c2)CC2(C3)C(=O)Nc3ncccc32)C(=O)C(C)(C)C)C1. The monoisotopic (exact) mass is 589 g/mol. The summed E-state index contributed by atoms with van der Waals surface area (Å²) < 4.78 is 5.62. The van der Waals surface area contributed by atoms with Gasteiger partial charge in [-0.1, -0.05) is 32.9 Å². The predicted octanol–water partition coefficient (Wildman–Crippen LogP) is 4.67. The fraction of sp³-hybridized carbons (Fsp3) is 0.545. The molecular formula is C33H43N5O5. The molecule has 0 radical (unpaired) electrons. The Balaban J connectivity index is 1.31. The number of fused-ring (bicyclic) bond motifs is 3. The van der Waals surface area contributed by atoms with Gasteiger partial charge in [0.15, 0.2) is 0 Å². The summed E-state index contributed by atoms with van der Waals surface area (Å²) >= 11 is 0. The highest BCUT2D eigenvalue weighted by Crippen LogP contribution is 2.47. The average molecular weight is 590 g/mol. The second-order valence-corrected chi connectivity index (χ2v) is 14.1. The van der Waals surface area contributed by atoms with Gasteiger partial charge >= 0.3 is 6.09 Å². The fourth-order valence-corrected chi connectivity index (χ4v) is 6.36. The number of benzene rings is 1.